The lowest BCUT2D eigenvalue weighted by atomic mass is 10.0. The van der Waals surface area contributed by atoms with E-state index >= 15 is 0 Å². The zero-order valence-corrected chi connectivity index (χ0v) is 10.2. The van der Waals surface area contributed by atoms with Crippen LogP contribution in [-0.4, -0.2) is 17.0 Å². The summed E-state index contributed by atoms with van der Waals surface area (Å²) in [5.41, 5.74) is 2.43. The van der Waals surface area contributed by atoms with Gasteiger partial charge >= 0.3 is 0 Å². The largest absolute Gasteiger partial charge is 0.392 e. The number of aliphatic hydroxyl groups excluding tert-OH is 1. The summed E-state index contributed by atoms with van der Waals surface area (Å²) in [4.78, 5) is 10.8. The monoisotopic (exact) mass is 210 g/mol. The van der Waals surface area contributed by atoms with Crippen LogP contribution in [0.25, 0.3) is 0 Å². The van der Waals surface area contributed by atoms with Crippen LogP contribution in [0.4, 0.5) is 0 Å². The number of hydrogen-bond donors (Lipinski definition) is 1. The molecule has 2 nitrogen and oxygen atoms in total. The molecule has 0 radical (unpaired) electrons. The summed E-state index contributed by atoms with van der Waals surface area (Å²) < 4.78 is 0. The topological polar surface area (TPSA) is 37.3 Å². The van der Waals surface area contributed by atoms with Gasteiger partial charge in [0.15, 0.2) is 0 Å². The lowest BCUT2D eigenvalue weighted by Crippen LogP contribution is -2.11. The van der Waals surface area contributed by atoms with Crippen LogP contribution in [-0.2, 0) is 4.79 Å². The minimum atomic E-state index is -0.523. The summed E-state index contributed by atoms with van der Waals surface area (Å²) in [6.45, 7) is 7.62. The molecule has 15 heavy (non-hydrogen) atoms. The number of hydrogen-bond acceptors (Lipinski definition) is 2. The third-order valence-electron chi connectivity index (χ3n) is 2.07. The molecule has 0 heterocycles. The maximum Gasteiger partial charge on any atom is 0.132 e. The molecule has 0 aliphatic heterocycles. The van der Waals surface area contributed by atoms with Crippen LogP contribution < -0.4 is 0 Å². The van der Waals surface area contributed by atoms with Gasteiger partial charge in [-0.2, -0.15) is 0 Å². The predicted octanol–water partition coefficient (Wildman–Crippen LogP) is 3.02. The van der Waals surface area contributed by atoms with Gasteiger partial charge in [0.05, 0.1) is 6.10 Å². The smallest absolute Gasteiger partial charge is 0.132 e. The van der Waals surface area contributed by atoms with E-state index in [-0.39, 0.29) is 12.2 Å². The predicted molar refractivity (Wildman–Crippen MR) is 63.7 cm³/mol. The van der Waals surface area contributed by atoms with Crippen LogP contribution in [0.15, 0.2) is 23.3 Å². The molecular weight excluding hydrogens is 188 g/mol. The highest BCUT2D eigenvalue weighted by molar-refractivity contribution is 5.75. The Balaban J connectivity index is 3.95. The Morgan fingerprint density at radius 2 is 1.73 bits per heavy atom. The molecule has 0 aromatic rings. The molecule has 2 heteroatoms. The summed E-state index contributed by atoms with van der Waals surface area (Å²) in [6, 6.07) is 0. The van der Waals surface area contributed by atoms with Gasteiger partial charge in [-0.3, -0.25) is 4.79 Å². The van der Waals surface area contributed by atoms with Crippen LogP contribution in [0.2, 0.25) is 0 Å². The normalized spacial score (nSPS) is 13.5. The van der Waals surface area contributed by atoms with Crippen LogP contribution in [0, 0.1) is 0 Å². The molecule has 1 unspecified atom stereocenters. The average molecular weight is 210 g/mol. The Bertz CT molecular complexity index is 258. The van der Waals surface area contributed by atoms with Crippen molar-refractivity contribution in [3.63, 3.8) is 0 Å². The van der Waals surface area contributed by atoms with Crippen molar-refractivity contribution in [3.05, 3.63) is 23.3 Å². The minimum absolute atomic E-state index is 0.0413. The second kappa shape index (κ2) is 7.41. The van der Waals surface area contributed by atoms with E-state index < -0.39 is 6.10 Å². The second-order valence-corrected chi connectivity index (χ2v) is 4.33. The Kier molecular flexibility index (Phi) is 6.97. The number of ketones is 1. The lowest BCUT2D eigenvalue weighted by molar-refractivity contribution is -0.118. The standard InChI is InChI=1S/C13H22O2/c1-10(2)6-5-7-11(3)8-13(15)9-12(4)14/h6-7,13,15H,5,8-9H2,1-4H3. The molecule has 0 bridgehead atoms. The number of allylic oxidation sites excluding steroid dienone is 3. The molecule has 86 valence electrons. The number of Topliss-reactive ketones (excluding diaryl/α,β-unsaturated/α-hetero) is 1. The number of rotatable bonds is 6. The van der Waals surface area contributed by atoms with Gasteiger partial charge < -0.3 is 5.11 Å². The molecule has 0 aliphatic carbocycles. The summed E-state index contributed by atoms with van der Waals surface area (Å²) in [5.74, 6) is 0.0413. The van der Waals surface area contributed by atoms with E-state index in [2.05, 4.69) is 26.0 Å². The molecule has 0 aromatic heterocycles. The molecule has 0 amide bonds. The molecule has 0 saturated carbocycles. The highest BCUT2D eigenvalue weighted by Gasteiger charge is 2.07. The fourth-order valence-corrected chi connectivity index (χ4v) is 1.35. The van der Waals surface area contributed by atoms with Crippen molar-refractivity contribution in [3.8, 4) is 0 Å². The van der Waals surface area contributed by atoms with E-state index in [0.29, 0.717) is 6.42 Å². The molecule has 0 spiro atoms. The van der Waals surface area contributed by atoms with Crippen LogP contribution in [0.5, 0.6) is 0 Å². The highest BCUT2D eigenvalue weighted by atomic mass is 16.3. The van der Waals surface area contributed by atoms with E-state index in [9.17, 15) is 9.90 Å². The van der Waals surface area contributed by atoms with Gasteiger partial charge in [-0.25, -0.2) is 0 Å². The molecule has 0 rings (SSSR count). The first-order chi connectivity index (χ1) is 6.91. The van der Waals surface area contributed by atoms with Gasteiger partial charge in [-0.05, 0) is 40.5 Å². The van der Waals surface area contributed by atoms with E-state index in [1.165, 1.54) is 12.5 Å². The van der Waals surface area contributed by atoms with E-state index in [0.717, 1.165) is 12.0 Å². The number of carbonyl (C=O) groups is 1. The van der Waals surface area contributed by atoms with Crippen molar-refractivity contribution >= 4 is 5.78 Å². The van der Waals surface area contributed by atoms with Crippen LogP contribution in [0.1, 0.15) is 47.0 Å². The minimum Gasteiger partial charge on any atom is -0.392 e. The molecule has 0 aliphatic rings. The fraction of sp³-hybridized carbons (Fsp3) is 0.615. The van der Waals surface area contributed by atoms with Gasteiger partial charge in [-0.1, -0.05) is 23.3 Å². The van der Waals surface area contributed by atoms with Gasteiger partial charge in [0.25, 0.3) is 0 Å². The average Bonchev–Trinajstić information content (AvgIpc) is 2.00. The third-order valence-corrected chi connectivity index (χ3v) is 2.07. The van der Waals surface area contributed by atoms with E-state index in [1.54, 1.807) is 0 Å². The SMILES string of the molecule is CC(=O)CC(O)CC(C)=CCC=C(C)C. The third kappa shape index (κ3) is 9.42. The first-order valence-corrected chi connectivity index (χ1v) is 5.38. The maximum atomic E-state index is 10.8. The van der Waals surface area contributed by atoms with Crippen LogP contribution >= 0.6 is 0 Å². The van der Waals surface area contributed by atoms with Gasteiger partial charge in [0.1, 0.15) is 5.78 Å². The van der Waals surface area contributed by atoms with Gasteiger partial charge in [-0.15, -0.1) is 0 Å². The first kappa shape index (κ1) is 14.1. The summed E-state index contributed by atoms with van der Waals surface area (Å²) in [6.07, 6.45) is 5.47. The lowest BCUT2D eigenvalue weighted by Gasteiger charge is -2.08. The molecule has 0 saturated heterocycles. The van der Waals surface area contributed by atoms with Crippen molar-refractivity contribution in [2.45, 2.75) is 53.1 Å². The zero-order valence-electron chi connectivity index (χ0n) is 10.2. The molecule has 0 aromatic carbocycles. The maximum absolute atomic E-state index is 10.8. The second-order valence-electron chi connectivity index (χ2n) is 4.33. The molecule has 0 fully saturated rings. The van der Waals surface area contributed by atoms with Crippen molar-refractivity contribution in [1.29, 1.82) is 0 Å². The first-order valence-electron chi connectivity index (χ1n) is 5.38. The zero-order chi connectivity index (χ0) is 11.8. The van der Waals surface area contributed by atoms with Gasteiger partial charge in [0.2, 0.25) is 0 Å². The highest BCUT2D eigenvalue weighted by Crippen LogP contribution is 2.09. The Labute approximate surface area is 92.7 Å². The van der Waals surface area contributed by atoms with Crippen molar-refractivity contribution < 1.29 is 9.90 Å². The molecule has 1 N–H and O–H groups in total. The Morgan fingerprint density at radius 1 is 1.13 bits per heavy atom. The van der Waals surface area contributed by atoms with E-state index in [4.69, 9.17) is 0 Å². The number of aliphatic hydroxyl groups is 1. The van der Waals surface area contributed by atoms with Crippen molar-refractivity contribution in [1.82, 2.24) is 0 Å². The summed E-state index contributed by atoms with van der Waals surface area (Å²) in [5, 5.41) is 9.52. The quantitative estimate of drug-likeness (QED) is 0.684. The van der Waals surface area contributed by atoms with Crippen molar-refractivity contribution in [2.24, 2.45) is 0 Å². The molecular formula is C13H22O2. The number of carbonyl (C=O) groups excluding carboxylic acids is 1. The van der Waals surface area contributed by atoms with Crippen LogP contribution in [0.3, 0.4) is 0 Å². The van der Waals surface area contributed by atoms with E-state index in [1.807, 2.05) is 6.92 Å². The van der Waals surface area contributed by atoms with Crippen molar-refractivity contribution in [2.75, 3.05) is 0 Å². The fourth-order valence-electron chi connectivity index (χ4n) is 1.35. The van der Waals surface area contributed by atoms with Gasteiger partial charge in [0, 0.05) is 6.42 Å². The summed E-state index contributed by atoms with van der Waals surface area (Å²) in [7, 11) is 0. The Hall–Kier alpha value is -0.890. The summed E-state index contributed by atoms with van der Waals surface area (Å²) >= 11 is 0. The Morgan fingerprint density at radius 3 is 2.20 bits per heavy atom. The molecule has 1 atom stereocenters.